The van der Waals surface area contributed by atoms with Crippen LogP contribution in [-0.4, -0.2) is 17.6 Å². The van der Waals surface area contributed by atoms with E-state index >= 15 is 0 Å². The van der Waals surface area contributed by atoms with Crippen LogP contribution in [0.15, 0.2) is 83.7 Å². The monoisotopic (exact) mass is 471 g/mol. The Balaban J connectivity index is 1.91. The average Bonchev–Trinajstić information content (AvgIpc) is 3.17. The number of halogens is 1. The van der Waals surface area contributed by atoms with Gasteiger partial charge in [-0.05, 0) is 60.2 Å². The standard InChI is InChI=1S/C26H18FN3O3S/c1-33-21-13-7-17(8-14-21)15-23-25(32)30(20-5-3-2-4-6-20)26(34-23)22(16-28)24(31)29-19-11-9-18(27)10-12-19/h2-15H,1H3,(H,29,31)/b23-15+,26-22+. The second-order valence-electron chi connectivity index (χ2n) is 7.11. The number of rotatable bonds is 5. The predicted octanol–water partition coefficient (Wildman–Crippen LogP) is 3.19. The Labute approximate surface area is 198 Å². The lowest BCUT2D eigenvalue weighted by Crippen LogP contribution is -2.32. The molecule has 8 heteroatoms. The number of carbonyl (C=O) groups is 1. The summed E-state index contributed by atoms with van der Waals surface area (Å²) < 4.78 is 20.3. The van der Waals surface area contributed by atoms with Gasteiger partial charge in [-0.15, -0.1) is 11.3 Å². The summed E-state index contributed by atoms with van der Waals surface area (Å²) in [6.45, 7) is 0. The molecule has 1 heterocycles. The van der Waals surface area contributed by atoms with Crippen molar-refractivity contribution >= 4 is 34.6 Å². The molecule has 0 spiro atoms. The summed E-state index contributed by atoms with van der Waals surface area (Å²) in [6.07, 6.45) is 1.70. The van der Waals surface area contributed by atoms with Crippen LogP contribution in [-0.2, 0) is 4.79 Å². The Morgan fingerprint density at radius 1 is 1.06 bits per heavy atom. The zero-order valence-electron chi connectivity index (χ0n) is 18.0. The highest BCUT2D eigenvalue weighted by Gasteiger charge is 2.17. The van der Waals surface area contributed by atoms with Gasteiger partial charge in [0.25, 0.3) is 11.5 Å². The summed E-state index contributed by atoms with van der Waals surface area (Å²) >= 11 is 1.04. The van der Waals surface area contributed by atoms with Crippen LogP contribution in [0, 0.1) is 17.1 Å². The maximum Gasteiger partial charge on any atom is 0.273 e. The number of hydrogen-bond acceptors (Lipinski definition) is 5. The summed E-state index contributed by atoms with van der Waals surface area (Å²) in [4.78, 5) is 26.3. The first kappa shape index (κ1) is 22.7. The molecule has 0 atom stereocenters. The molecule has 168 valence electrons. The van der Waals surface area contributed by atoms with Crippen LogP contribution in [0.5, 0.6) is 5.75 Å². The first-order valence-corrected chi connectivity index (χ1v) is 11.0. The molecule has 0 bridgehead atoms. The largest absolute Gasteiger partial charge is 0.497 e. The third kappa shape index (κ3) is 4.80. The van der Waals surface area contributed by atoms with Gasteiger partial charge in [0.05, 0.1) is 17.3 Å². The molecule has 4 rings (SSSR count). The number of nitrogens with one attached hydrogen (secondary N) is 1. The average molecular weight is 472 g/mol. The highest BCUT2D eigenvalue weighted by atomic mass is 32.1. The Morgan fingerprint density at radius 3 is 2.35 bits per heavy atom. The molecule has 0 saturated carbocycles. The summed E-state index contributed by atoms with van der Waals surface area (Å²) in [5.74, 6) is -0.461. The molecule has 0 aliphatic carbocycles. The summed E-state index contributed by atoms with van der Waals surface area (Å²) in [5, 5.41) is 12.4. The molecule has 4 aromatic rings. The van der Waals surface area contributed by atoms with E-state index in [4.69, 9.17) is 4.74 Å². The SMILES string of the molecule is COc1ccc(/C=c2/s/c(=C(\C#N)C(=O)Nc3ccc(F)cc3)n(-c3ccccc3)c2=O)cc1. The molecular formula is C26H18FN3O3S. The van der Waals surface area contributed by atoms with E-state index in [0.717, 1.165) is 16.9 Å². The fourth-order valence-corrected chi connectivity index (χ4v) is 4.34. The van der Waals surface area contributed by atoms with E-state index in [1.54, 1.807) is 67.8 Å². The lowest BCUT2D eigenvalue weighted by Gasteiger charge is -2.05. The van der Waals surface area contributed by atoms with Crippen LogP contribution >= 0.6 is 11.3 Å². The Bertz CT molecular complexity index is 1550. The molecule has 0 fully saturated rings. The Kier molecular flexibility index (Phi) is 6.67. The molecular weight excluding hydrogens is 453 g/mol. The van der Waals surface area contributed by atoms with Gasteiger partial charge < -0.3 is 10.1 Å². The normalized spacial score (nSPS) is 12.1. The number of amides is 1. The fourth-order valence-electron chi connectivity index (χ4n) is 3.24. The van der Waals surface area contributed by atoms with Crippen LogP contribution in [0.1, 0.15) is 5.56 Å². The number of aromatic nitrogens is 1. The Hall–Kier alpha value is -4.48. The number of carbonyl (C=O) groups excluding carboxylic acids is 1. The molecule has 1 aromatic heterocycles. The molecule has 0 unspecified atom stereocenters. The smallest absolute Gasteiger partial charge is 0.273 e. The highest BCUT2D eigenvalue weighted by molar-refractivity contribution is 7.07. The summed E-state index contributed by atoms with van der Waals surface area (Å²) in [7, 11) is 1.57. The van der Waals surface area contributed by atoms with Gasteiger partial charge >= 0.3 is 0 Å². The second-order valence-corrected chi connectivity index (χ2v) is 8.14. The van der Waals surface area contributed by atoms with Crippen molar-refractivity contribution in [1.82, 2.24) is 4.57 Å². The number of thiazole rings is 1. The maximum atomic E-state index is 13.4. The lowest BCUT2D eigenvalue weighted by atomic mass is 10.2. The first-order valence-electron chi connectivity index (χ1n) is 10.1. The zero-order chi connectivity index (χ0) is 24.1. The minimum Gasteiger partial charge on any atom is -0.497 e. The van der Waals surface area contributed by atoms with Crippen molar-refractivity contribution in [3.8, 4) is 17.5 Å². The number of anilines is 1. The van der Waals surface area contributed by atoms with Crippen molar-refractivity contribution in [2.24, 2.45) is 0 Å². The fraction of sp³-hybridized carbons (Fsp3) is 0.0385. The number of benzene rings is 3. The Morgan fingerprint density at radius 2 is 1.74 bits per heavy atom. The van der Waals surface area contributed by atoms with Crippen molar-refractivity contribution in [3.05, 3.63) is 110 Å². The molecule has 0 aliphatic rings. The first-order chi connectivity index (χ1) is 16.5. The number of nitrogens with zero attached hydrogens (tertiary/aromatic N) is 2. The zero-order valence-corrected chi connectivity index (χ0v) is 18.8. The highest BCUT2D eigenvalue weighted by Crippen LogP contribution is 2.12. The van der Waals surface area contributed by atoms with Gasteiger partial charge in [-0.2, -0.15) is 5.26 Å². The number of para-hydroxylation sites is 1. The quantitative estimate of drug-likeness (QED) is 0.485. The number of methoxy groups -OCH3 is 1. The topological polar surface area (TPSA) is 84.1 Å². The predicted molar refractivity (Wildman–Crippen MR) is 130 cm³/mol. The van der Waals surface area contributed by atoms with Gasteiger partial charge in [-0.25, -0.2) is 4.39 Å². The number of hydrogen-bond donors (Lipinski definition) is 1. The van der Waals surface area contributed by atoms with Crippen LogP contribution in [0.4, 0.5) is 10.1 Å². The third-order valence-electron chi connectivity index (χ3n) is 4.91. The van der Waals surface area contributed by atoms with Crippen LogP contribution < -0.4 is 24.8 Å². The van der Waals surface area contributed by atoms with Crippen LogP contribution in [0.25, 0.3) is 17.3 Å². The van der Waals surface area contributed by atoms with Gasteiger partial charge in [0.15, 0.2) is 5.57 Å². The second kappa shape index (κ2) is 9.98. The molecule has 1 amide bonds. The molecule has 0 radical (unpaired) electrons. The van der Waals surface area contributed by atoms with Crippen LogP contribution in [0.2, 0.25) is 0 Å². The molecule has 3 aromatic carbocycles. The molecule has 0 saturated heterocycles. The van der Waals surface area contributed by atoms with E-state index in [1.165, 1.54) is 28.8 Å². The third-order valence-corrected chi connectivity index (χ3v) is 6.00. The van der Waals surface area contributed by atoms with E-state index in [1.807, 2.05) is 6.07 Å². The van der Waals surface area contributed by atoms with Gasteiger partial charge in [-0.3, -0.25) is 14.2 Å². The lowest BCUT2D eigenvalue weighted by molar-refractivity contribution is -0.111. The summed E-state index contributed by atoms with van der Waals surface area (Å²) in [6, 6.07) is 23.1. The van der Waals surface area contributed by atoms with Gasteiger partial charge in [0, 0.05) is 5.69 Å². The summed E-state index contributed by atoms with van der Waals surface area (Å²) in [5.41, 5.74) is 1.03. The van der Waals surface area contributed by atoms with Crippen molar-refractivity contribution in [2.45, 2.75) is 0 Å². The molecule has 1 N–H and O–H groups in total. The van der Waals surface area contributed by atoms with E-state index in [-0.39, 0.29) is 15.8 Å². The van der Waals surface area contributed by atoms with E-state index < -0.39 is 11.7 Å². The number of nitriles is 1. The van der Waals surface area contributed by atoms with Crippen molar-refractivity contribution in [1.29, 1.82) is 5.26 Å². The maximum absolute atomic E-state index is 13.4. The molecule has 34 heavy (non-hydrogen) atoms. The van der Waals surface area contributed by atoms with Gasteiger partial charge in [-0.1, -0.05) is 30.3 Å². The minimum atomic E-state index is -0.698. The van der Waals surface area contributed by atoms with E-state index in [9.17, 15) is 19.2 Å². The molecule has 6 nitrogen and oxygen atoms in total. The van der Waals surface area contributed by atoms with E-state index in [0.29, 0.717) is 21.7 Å². The van der Waals surface area contributed by atoms with E-state index in [2.05, 4.69) is 5.32 Å². The van der Waals surface area contributed by atoms with Gasteiger partial charge in [0.1, 0.15) is 22.3 Å². The van der Waals surface area contributed by atoms with Gasteiger partial charge in [0.2, 0.25) is 0 Å². The van der Waals surface area contributed by atoms with Crippen LogP contribution in [0.3, 0.4) is 0 Å². The van der Waals surface area contributed by atoms with Crippen molar-refractivity contribution in [2.75, 3.05) is 12.4 Å². The number of ether oxygens (including phenoxy) is 1. The van der Waals surface area contributed by atoms with Crippen molar-refractivity contribution < 1.29 is 13.9 Å². The molecule has 0 aliphatic heterocycles. The van der Waals surface area contributed by atoms with Crippen molar-refractivity contribution in [3.63, 3.8) is 0 Å². The minimum absolute atomic E-state index is 0.193.